The average Bonchev–Trinajstić information content (AvgIpc) is 3.20. The van der Waals surface area contributed by atoms with E-state index in [0.29, 0.717) is 6.61 Å². The van der Waals surface area contributed by atoms with Gasteiger partial charge in [-0.2, -0.15) is 0 Å². The van der Waals surface area contributed by atoms with Crippen LogP contribution in [-0.2, 0) is 41.7 Å². The van der Waals surface area contributed by atoms with Crippen molar-refractivity contribution in [3.63, 3.8) is 0 Å². The zero-order chi connectivity index (χ0) is 21.2. The van der Waals surface area contributed by atoms with Crippen LogP contribution in [0.25, 0.3) is 0 Å². The van der Waals surface area contributed by atoms with Crippen LogP contribution in [0.1, 0.15) is 25.0 Å². The minimum Gasteiger partial charge on any atom is -0.477 e. The number of aliphatic carboxylic acids is 1. The van der Waals surface area contributed by atoms with Crippen molar-refractivity contribution >= 4 is 5.97 Å². The molecule has 2 aromatic rings. The Kier molecular flexibility index (Phi) is 5.90. The van der Waals surface area contributed by atoms with Crippen molar-refractivity contribution in [3.05, 3.63) is 71.8 Å². The van der Waals surface area contributed by atoms with Crippen molar-refractivity contribution in [2.45, 2.75) is 56.9 Å². The number of fused-ring (bicyclic) bond motifs is 1. The summed E-state index contributed by atoms with van der Waals surface area (Å²) in [6.07, 6.45) is -2.19. The zero-order valence-electron chi connectivity index (χ0n) is 17.0. The third-order valence-electron chi connectivity index (χ3n) is 5.18. The molecule has 2 aliphatic heterocycles. The van der Waals surface area contributed by atoms with Gasteiger partial charge in [0.1, 0.15) is 12.2 Å². The van der Waals surface area contributed by atoms with Crippen molar-refractivity contribution < 1.29 is 33.6 Å². The van der Waals surface area contributed by atoms with Crippen LogP contribution in [-0.4, -0.2) is 47.6 Å². The van der Waals surface area contributed by atoms with E-state index in [2.05, 4.69) is 0 Å². The summed E-state index contributed by atoms with van der Waals surface area (Å²) in [5.74, 6) is -4.18. The third-order valence-corrected chi connectivity index (χ3v) is 5.18. The quantitative estimate of drug-likeness (QED) is 0.711. The molecule has 160 valence electrons. The van der Waals surface area contributed by atoms with Crippen molar-refractivity contribution in [1.29, 1.82) is 0 Å². The molecule has 0 aliphatic carbocycles. The molecule has 0 bridgehead atoms. The first-order valence-corrected chi connectivity index (χ1v) is 9.96. The van der Waals surface area contributed by atoms with Gasteiger partial charge in [-0.15, -0.1) is 0 Å². The van der Waals surface area contributed by atoms with Crippen LogP contribution >= 0.6 is 0 Å². The Balaban J connectivity index is 1.50. The molecule has 0 aromatic heterocycles. The van der Waals surface area contributed by atoms with Gasteiger partial charge in [-0.25, -0.2) is 4.79 Å². The molecule has 2 fully saturated rings. The van der Waals surface area contributed by atoms with Gasteiger partial charge in [0.2, 0.25) is 0 Å². The normalized spacial score (nSPS) is 29.6. The third kappa shape index (κ3) is 4.26. The van der Waals surface area contributed by atoms with E-state index in [-0.39, 0.29) is 13.2 Å². The van der Waals surface area contributed by atoms with E-state index in [9.17, 15) is 9.90 Å². The van der Waals surface area contributed by atoms with E-state index in [0.717, 1.165) is 11.1 Å². The van der Waals surface area contributed by atoms with Gasteiger partial charge in [0.15, 0.2) is 11.9 Å². The number of carboxylic acid groups (broad SMARTS) is 1. The van der Waals surface area contributed by atoms with E-state index in [4.69, 9.17) is 23.7 Å². The maximum absolute atomic E-state index is 12.3. The van der Waals surface area contributed by atoms with Gasteiger partial charge < -0.3 is 28.8 Å². The monoisotopic (exact) mass is 414 g/mol. The number of ether oxygens (including phenoxy) is 5. The maximum Gasteiger partial charge on any atom is 0.367 e. The SMILES string of the molecule is CC1(C)O[C@H]2[C@@H](O1)[C@@](OCc1ccccc1)(C(=O)O)O[C@@H]2COCc1ccccc1. The lowest BCUT2D eigenvalue weighted by molar-refractivity contribution is -0.294. The molecule has 4 atom stereocenters. The van der Waals surface area contributed by atoms with E-state index in [1.54, 1.807) is 13.8 Å². The number of benzene rings is 2. The molecule has 0 saturated carbocycles. The summed E-state index contributed by atoms with van der Waals surface area (Å²) < 4.78 is 29.5. The average molecular weight is 414 g/mol. The van der Waals surface area contributed by atoms with Crippen LogP contribution in [0.3, 0.4) is 0 Å². The summed E-state index contributed by atoms with van der Waals surface area (Å²) in [4.78, 5) is 12.3. The van der Waals surface area contributed by atoms with Crippen molar-refractivity contribution in [2.75, 3.05) is 6.61 Å². The molecular weight excluding hydrogens is 388 g/mol. The van der Waals surface area contributed by atoms with Crippen LogP contribution in [0, 0.1) is 0 Å². The molecule has 4 rings (SSSR count). The number of hydrogen-bond donors (Lipinski definition) is 1. The Morgan fingerprint density at radius 2 is 1.53 bits per heavy atom. The van der Waals surface area contributed by atoms with Gasteiger partial charge in [-0.1, -0.05) is 60.7 Å². The molecule has 2 aromatic carbocycles. The number of hydrogen-bond acceptors (Lipinski definition) is 6. The van der Waals surface area contributed by atoms with Gasteiger partial charge in [0, 0.05) is 0 Å². The van der Waals surface area contributed by atoms with Gasteiger partial charge in [-0.05, 0) is 25.0 Å². The Bertz CT molecular complexity index is 854. The van der Waals surface area contributed by atoms with Crippen LogP contribution in [0.2, 0.25) is 0 Å². The lowest BCUT2D eigenvalue weighted by Gasteiger charge is -2.31. The fraction of sp³-hybridized carbons (Fsp3) is 0.435. The van der Waals surface area contributed by atoms with Gasteiger partial charge in [0.25, 0.3) is 5.79 Å². The second-order valence-electron chi connectivity index (χ2n) is 7.92. The molecule has 0 unspecified atom stereocenters. The van der Waals surface area contributed by atoms with Crippen LogP contribution in [0.4, 0.5) is 0 Å². The minimum absolute atomic E-state index is 0.0672. The minimum atomic E-state index is -1.98. The predicted octanol–water partition coefficient (Wildman–Crippen LogP) is 3.12. The highest BCUT2D eigenvalue weighted by Gasteiger charge is 2.68. The summed E-state index contributed by atoms with van der Waals surface area (Å²) in [6.45, 7) is 4.10. The molecule has 7 nitrogen and oxygen atoms in total. The van der Waals surface area contributed by atoms with Gasteiger partial charge >= 0.3 is 5.97 Å². The highest BCUT2D eigenvalue weighted by atomic mass is 16.8. The molecule has 7 heteroatoms. The second kappa shape index (κ2) is 8.45. The lowest BCUT2D eigenvalue weighted by Crippen LogP contribution is -2.52. The zero-order valence-corrected chi connectivity index (χ0v) is 17.0. The Morgan fingerprint density at radius 1 is 0.933 bits per heavy atom. The summed E-state index contributed by atoms with van der Waals surface area (Å²) in [5, 5.41) is 10.1. The molecule has 2 saturated heterocycles. The Hall–Kier alpha value is -2.29. The van der Waals surface area contributed by atoms with E-state index < -0.39 is 35.9 Å². The molecule has 0 spiro atoms. The molecular formula is C23H26O7. The largest absolute Gasteiger partial charge is 0.477 e. The topological polar surface area (TPSA) is 83.5 Å². The maximum atomic E-state index is 12.3. The molecule has 2 heterocycles. The van der Waals surface area contributed by atoms with Crippen molar-refractivity contribution in [3.8, 4) is 0 Å². The fourth-order valence-corrected chi connectivity index (χ4v) is 3.82. The second-order valence-corrected chi connectivity index (χ2v) is 7.92. The fourth-order valence-electron chi connectivity index (χ4n) is 3.82. The van der Waals surface area contributed by atoms with Crippen molar-refractivity contribution in [1.82, 2.24) is 0 Å². The first kappa shape index (κ1) is 21.0. The summed E-state index contributed by atoms with van der Waals surface area (Å²) in [6, 6.07) is 19.1. The summed E-state index contributed by atoms with van der Waals surface area (Å²) in [5.41, 5.74) is 1.85. The van der Waals surface area contributed by atoms with E-state index in [1.807, 2.05) is 60.7 Å². The summed E-state index contributed by atoms with van der Waals surface area (Å²) in [7, 11) is 0. The summed E-state index contributed by atoms with van der Waals surface area (Å²) >= 11 is 0. The molecule has 0 amide bonds. The van der Waals surface area contributed by atoms with E-state index >= 15 is 0 Å². The van der Waals surface area contributed by atoms with Gasteiger partial charge in [0.05, 0.1) is 19.8 Å². The van der Waals surface area contributed by atoms with Crippen LogP contribution in [0.15, 0.2) is 60.7 Å². The van der Waals surface area contributed by atoms with Crippen LogP contribution < -0.4 is 0 Å². The van der Waals surface area contributed by atoms with Crippen LogP contribution in [0.5, 0.6) is 0 Å². The lowest BCUT2D eigenvalue weighted by atomic mass is 10.1. The highest BCUT2D eigenvalue weighted by molar-refractivity contribution is 5.77. The molecule has 30 heavy (non-hydrogen) atoms. The number of carbonyl (C=O) groups is 1. The highest BCUT2D eigenvalue weighted by Crippen LogP contribution is 2.45. The number of carboxylic acids is 1. The van der Waals surface area contributed by atoms with Gasteiger partial charge in [-0.3, -0.25) is 0 Å². The standard InChI is InChI=1S/C23H26O7/c1-22(2)29-19-18(15-26-13-16-9-5-3-6-10-16)28-23(21(24)25,20(19)30-22)27-14-17-11-7-4-8-12-17/h3-12,18-20H,13-15H2,1-2H3,(H,24,25)/t18-,19-,20-,23+/m1/s1. The smallest absolute Gasteiger partial charge is 0.367 e. The Morgan fingerprint density at radius 3 is 2.13 bits per heavy atom. The van der Waals surface area contributed by atoms with Crippen molar-refractivity contribution in [2.24, 2.45) is 0 Å². The molecule has 1 N–H and O–H groups in total. The Labute approximate surface area is 175 Å². The number of rotatable bonds is 8. The molecule has 0 radical (unpaired) electrons. The first-order chi connectivity index (χ1) is 14.4. The van der Waals surface area contributed by atoms with E-state index in [1.165, 1.54) is 0 Å². The molecule has 2 aliphatic rings. The predicted molar refractivity (Wildman–Crippen MR) is 106 cm³/mol. The first-order valence-electron chi connectivity index (χ1n) is 9.96.